The van der Waals surface area contributed by atoms with E-state index >= 15 is 0 Å². The van der Waals surface area contributed by atoms with Crippen LogP contribution in [0, 0.1) is 0 Å². The van der Waals surface area contributed by atoms with E-state index in [4.69, 9.17) is 12.2 Å². The molecule has 4 aromatic rings. The fraction of sp³-hybridized carbons (Fsp3) is 0.306. The quantitative estimate of drug-likeness (QED) is 0.153. The molecule has 0 saturated heterocycles. The van der Waals surface area contributed by atoms with Crippen molar-refractivity contribution in [1.29, 1.82) is 0 Å². The van der Waals surface area contributed by atoms with Crippen molar-refractivity contribution in [2.24, 2.45) is 0 Å². The van der Waals surface area contributed by atoms with Crippen molar-refractivity contribution in [1.82, 2.24) is 21.4 Å². The summed E-state index contributed by atoms with van der Waals surface area (Å²) in [5.74, 6) is 0. The molecule has 0 aliphatic carbocycles. The molecule has 2 heterocycles. The van der Waals surface area contributed by atoms with Crippen LogP contribution in [0.25, 0.3) is 0 Å². The number of nitrogens with zero attached hydrogens (tertiary/aromatic N) is 1. The number of imidazole rings is 1. The van der Waals surface area contributed by atoms with Crippen LogP contribution in [0.1, 0.15) is 77.8 Å². The first-order chi connectivity index (χ1) is 19.7. The summed E-state index contributed by atoms with van der Waals surface area (Å²) < 4.78 is 0. The predicted octanol–water partition coefficient (Wildman–Crippen LogP) is 9.74. The van der Waals surface area contributed by atoms with E-state index < -0.39 is 0 Å². The highest BCUT2D eigenvalue weighted by molar-refractivity contribution is 7.80. The topological polar surface area (TPSA) is 92.8 Å². The Labute approximate surface area is 261 Å². The minimum Gasteiger partial charge on any atom is -0.356 e. The van der Waals surface area contributed by atoms with Crippen molar-refractivity contribution < 1.29 is 4.79 Å². The maximum Gasteiger partial charge on any atom is 0.124 e. The molecule has 0 atom stereocenters. The first kappa shape index (κ1) is 42.6. The summed E-state index contributed by atoms with van der Waals surface area (Å²) in [7, 11) is 0. The van der Waals surface area contributed by atoms with Gasteiger partial charge in [0.15, 0.2) is 0 Å². The Morgan fingerprint density at radius 3 is 1.57 bits per heavy atom. The minimum atomic E-state index is 0. The Balaban J connectivity index is -0.000000493. The van der Waals surface area contributed by atoms with E-state index in [-0.39, 0.29) is 13.6 Å². The van der Waals surface area contributed by atoms with Gasteiger partial charge in [0.05, 0.1) is 11.3 Å². The van der Waals surface area contributed by atoms with Gasteiger partial charge in [-0.25, -0.2) is 4.98 Å². The van der Waals surface area contributed by atoms with Crippen molar-refractivity contribution >= 4 is 23.5 Å². The summed E-state index contributed by atoms with van der Waals surface area (Å²) in [5, 5.41) is 3.06. The number of carbonyl (C=O) groups is 1. The lowest BCUT2D eigenvalue weighted by Crippen LogP contribution is -2.05. The number of H-pyrrole nitrogens is 1. The molecular formula is C36H54N4OS. The molecule has 0 saturated carbocycles. The summed E-state index contributed by atoms with van der Waals surface area (Å²) in [6.07, 6.45) is 9.88. The zero-order chi connectivity index (χ0) is 29.8. The molecule has 5 N–H and O–H groups in total. The highest BCUT2D eigenvalue weighted by Gasteiger charge is 2.08. The molecule has 1 aliphatic heterocycles. The van der Waals surface area contributed by atoms with Crippen LogP contribution in [-0.4, -0.2) is 21.2 Å². The molecule has 0 amide bonds. The van der Waals surface area contributed by atoms with Crippen molar-refractivity contribution in [2.75, 3.05) is 0 Å². The lowest BCUT2D eigenvalue weighted by molar-refractivity contribution is -0.107. The van der Waals surface area contributed by atoms with Crippen LogP contribution >= 0.6 is 12.2 Å². The molecule has 0 radical (unpaired) electrons. The molecule has 0 unspecified atom stereocenters. The Hall–Kier alpha value is -3.87. The van der Waals surface area contributed by atoms with Crippen molar-refractivity contribution in [3.8, 4) is 0 Å². The average Bonchev–Trinajstić information content (AvgIpc) is 3.70. The van der Waals surface area contributed by atoms with Gasteiger partial charge in [-0.3, -0.25) is 0 Å². The SMILES string of the molecule is C.CC.CC.CC.N.O=CCc1ccccc1.S=C1CC(Cc2ccccc2)=CN1.c1ccc(Cc2cnc[nH]2)cc1. The second-order valence-corrected chi connectivity index (χ2v) is 8.30. The number of nitrogens with one attached hydrogen (secondary N) is 2. The largest absolute Gasteiger partial charge is 0.356 e. The van der Waals surface area contributed by atoms with Gasteiger partial charge >= 0.3 is 0 Å². The Kier molecular flexibility index (Phi) is 30.5. The van der Waals surface area contributed by atoms with E-state index in [0.717, 1.165) is 41.8 Å². The molecule has 1 aliphatic rings. The van der Waals surface area contributed by atoms with Crippen LogP contribution in [0.2, 0.25) is 0 Å². The minimum absolute atomic E-state index is 0. The van der Waals surface area contributed by atoms with E-state index in [2.05, 4.69) is 51.7 Å². The van der Waals surface area contributed by atoms with Crippen LogP contribution in [0.15, 0.2) is 115 Å². The molecule has 3 aromatic carbocycles. The second-order valence-electron chi connectivity index (χ2n) is 7.80. The lowest BCUT2D eigenvalue weighted by Gasteiger charge is -1.99. The maximum atomic E-state index is 9.97. The summed E-state index contributed by atoms with van der Waals surface area (Å²) in [4.78, 5) is 17.9. The van der Waals surface area contributed by atoms with Crippen LogP contribution in [0.3, 0.4) is 0 Å². The van der Waals surface area contributed by atoms with Crippen molar-refractivity contribution in [3.05, 3.63) is 138 Å². The lowest BCUT2D eigenvalue weighted by atomic mass is 10.1. The van der Waals surface area contributed by atoms with Crippen LogP contribution in [0.5, 0.6) is 0 Å². The highest BCUT2D eigenvalue weighted by atomic mass is 32.1. The van der Waals surface area contributed by atoms with Crippen LogP contribution in [-0.2, 0) is 24.1 Å². The number of benzene rings is 3. The zero-order valence-corrected chi connectivity index (χ0v) is 26.6. The molecule has 230 valence electrons. The first-order valence-corrected chi connectivity index (χ1v) is 14.6. The molecule has 5 rings (SSSR count). The highest BCUT2D eigenvalue weighted by Crippen LogP contribution is 2.14. The van der Waals surface area contributed by atoms with Crippen molar-refractivity contribution in [2.45, 2.75) is 74.7 Å². The second kappa shape index (κ2) is 30.1. The Morgan fingerprint density at radius 2 is 1.19 bits per heavy atom. The third-order valence-corrected chi connectivity index (χ3v) is 5.32. The molecule has 5 nitrogen and oxygen atoms in total. The number of hydrogen-bond donors (Lipinski definition) is 3. The van der Waals surface area contributed by atoms with Crippen LogP contribution < -0.4 is 11.5 Å². The number of aromatic nitrogens is 2. The van der Waals surface area contributed by atoms with Gasteiger partial charge in [0, 0.05) is 37.4 Å². The normalized spacial score (nSPS) is 9.95. The summed E-state index contributed by atoms with van der Waals surface area (Å²) in [5.41, 5.74) is 6.26. The summed E-state index contributed by atoms with van der Waals surface area (Å²) in [6, 6.07) is 30.5. The smallest absolute Gasteiger partial charge is 0.124 e. The fourth-order valence-corrected chi connectivity index (χ4v) is 3.61. The molecule has 0 fully saturated rings. The number of aldehydes is 1. The van der Waals surface area contributed by atoms with Crippen LogP contribution in [0.4, 0.5) is 0 Å². The van der Waals surface area contributed by atoms with E-state index in [0.29, 0.717) is 6.42 Å². The standard InChI is InChI=1S/C11H11NS.C10H10N2.C8H8O.3C2H6.CH4.H3N/c13-11-7-10(8-12-11)6-9-4-2-1-3-5-9;1-2-4-9(5-3-1)6-10-7-11-8-12-10;9-7-6-8-4-2-1-3-5-8;3*1-2;;/h1-5,8H,6-7H2,(H,12,13);1-5,7-8H,6H2,(H,11,12);1-5,7H,6H2;3*1-2H3;1H4;1H3. The van der Waals surface area contributed by atoms with Gasteiger partial charge < -0.3 is 21.2 Å². The number of hydrogen-bond acceptors (Lipinski definition) is 4. The van der Waals surface area contributed by atoms with Gasteiger partial charge in [-0.05, 0) is 28.7 Å². The van der Waals surface area contributed by atoms with Gasteiger partial charge in [0.1, 0.15) is 6.29 Å². The molecule has 1 aromatic heterocycles. The number of aromatic amines is 1. The number of thiocarbonyl (C=S) groups is 1. The van der Waals surface area contributed by atoms with Crippen molar-refractivity contribution in [3.63, 3.8) is 0 Å². The van der Waals surface area contributed by atoms with Gasteiger partial charge in [-0.2, -0.15) is 0 Å². The van der Waals surface area contributed by atoms with Gasteiger partial charge in [0.25, 0.3) is 0 Å². The van der Waals surface area contributed by atoms with Gasteiger partial charge in [0.2, 0.25) is 0 Å². The number of rotatable bonds is 6. The zero-order valence-electron chi connectivity index (χ0n) is 25.8. The van der Waals surface area contributed by atoms with E-state index in [1.807, 2.05) is 109 Å². The average molecular weight is 591 g/mol. The monoisotopic (exact) mass is 590 g/mol. The number of carbonyl (C=O) groups excluding carboxylic acids is 1. The molecular weight excluding hydrogens is 536 g/mol. The summed E-state index contributed by atoms with van der Waals surface area (Å²) in [6.45, 7) is 12.0. The molecule has 0 bridgehead atoms. The van der Waals surface area contributed by atoms with E-state index in [1.165, 1.54) is 16.7 Å². The first-order valence-electron chi connectivity index (χ1n) is 14.2. The van der Waals surface area contributed by atoms with Gasteiger partial charge in [-0.1, -0.05) is 152 Å². The van der Waals surface area contributed by atoms with E-state index in [1.54, 1.807) is 6.33 Å². The fourth-order valence-electron chi connectivity index (χ4n) is 3.37. The Bertz CT molecular complexity index is 1150. The maximum absolute atomic E-state index is 9.97. The molecule has 0 spiro atoms. The van der Waals surface area contributed by atoms with E-state index in [9.17, 15) is 4.79 Å². The third-order valence-electron chi connectivity index (χ3n) is 5.05. The third kappa shape index (κ3) is 20.1. The predicted molar refractivity (Wildman–Crippen MR) is 188 cm³/mol. The molecule has 6 heteroatoms. The molecule has 42 heavy (non-hydrogen) atoms. The van der Waals surface area contributed by atoms with Gasteiger partial charge in [-0.15, -0.1) is 0 Å². The Morgan fingerprint density at radius 1 is 0.738 bits per heavy atom. The summed E-state index contributed by atoms with van der Waals surface area (Å²) >= 11 is 5.05.